The van der Waals surface area contributed by atoms with Gasteiger partial charge < -0.3 is 9.53 Å². The summed E-state index contributed by atoms with van der Waals surface area (Å²) in [5.41, 5.74) is -0.129. The number of methoxy groups -OCH3 is 1. The maximum Gasteiger partial charge on any atom is 0.413 e. The SMILES string of the molecule is COc1cccc(/C(=C(/CC=O)C(F)(F)F)c2ccccc2)c1. The number of carbonyl (C=O) groups is 1. The van der Waals surface area contributed by atoms with Crippen molar-refractivity contribution in [3.05, 3.63) is 71.3 Å². The van der Waals surface area contributed by atoms with E-state index < -0.39 is 18.2 Å². The molecule has 0 aliphatic rings. The van der Waals surface area contributed by atoms with E-state index in [4.69, 9.17) is 4.74 Å². The van der Waals surface area contributed by atoms with Gasteiger partial charge in [0, 0.05) is 12.0 Å². The smallest absolute Gasteiger partial charge is 0.413 e. The van der Waals surface area contributed by atoms with Gasteiger partial charge in [0.05, 0.1) is 7.11 Å². The Balaban J connectivity index is 2.76. The van der Waals surface area contributed by atoms with Gasteiger partial charge in [-0.2, -0.15) is 13.2 Å². The maximum absolute atomic E-state index is 13.5. The van der Waals surface area contributed by atoms with Crippen molar-refractivity contribution in [3.8, 4) is 5.75 Å². The van der Waals surface area contributed by atoms with Gasteiger partial charge in [0.25, 0.3) is 0 Å². The molecule has 0 aliphatic heterocycles. The van der Waals surface area contributed by atoms with Crippen LogP contribution in [0.4, 0.5) is 13.2 Å². The second-order valence-electron chi connectivity index (χ2n) is 4.82. The van der Waals surface area contributed by atoms with Crippen LogP contribution in [0.25, 0.3) is 5.57 Å². The molecule has 2 nitrogen and oxygen atoms in total. The molecule has 0 saturated heterocycles. The van der Waals surface area contributed by atoms with Crippen molar-refractivity contribution in [2.24, 2.45) is 0 Å². The van der Waals surface area contributed by atoms with Gasteiger partial charge >= 0.3 is 6.18 Å². The number of hydrogen-bond acceptors (Lipinski definition) is 2. The van der Waals surface area contributed by atoms with Crippen LogP contribution in [0.3, 0.4) is 0 Å². The van der Waals surface area contributed by atoms with Crippen LogP contribution in [0.1, 0.15) is 17.5 Å². The van der Waals surface area contributed by atoms with Crippen LogP contribution in [-0.4, -0.2) is 19.6 Å². The highest BCUT2D eigenvalue weighted by molar-refractivity contribution is 5.85. The van der Waals surface area contributed by atoms with Crippen molar-refractivity contribution in [1.82, 2.24) is 0 Å². The van der Waals surface area contributed by atoms with Crippen molar-refractivity contribution in [1.29, 1.82) is 0 Å². The van der Waals surface area contributed by atoms with Crippen LogP contribution in [0.15, 0.2) is 60.2 Å². The summed E-state index contributed by atoms with van der Waals surface area (Å²) >= 11 is 0. The zero-order chi connectivity index (χ0) is 16.9. The molecule has 0 heterocycles. The summed E-state index contributed by atoms with van der Waals surface area (Å²) in [4.78, 5) is 10.8. The molecule has 0 atom stereocenters. The summed E-state index contributed by atoms with van der Waals surface area (Å²) < 4.78 is 45.5. The number of ether oxygens (including phenoxy) is 1. The van der Waals surface area contributed by atoms with Crippen molar-refractivity contribution in [2.75, 3.05) is 7.11 Å². The van der Waals surface area contributed by atoms with Gasteiger partial charge in [0.1, 0.15) is 12.0 Å². The Morgan fingerprint density at radius 1 is 1.04 bits per heavy atom. The third-order valence-electron chi connectivity index (χ3n) is 3.35. The van der Waals surface area contributed by atoms with Gasteiger partial charge in [-0.1, -0.05) is 42.5 Å². The number of aldehydes is 1. The van der Waals surface area contributed by atoms with Crippen LogP contribution < -0.4 is 4.74 Å². The van der Waals surface area contributed by atoms with Crippen LogP contribution in [0.5, 0.6) is 5.75 Å². The molecule has 0 unspecified atom stereocenters. The predicted molar refractivity (Wildman–Crippen MR) is 82.2 cm³/mol. The van der Waals surface area contributed by atoms with Gasteiger partial charge in [0.2, 0.25) is 0 Å². The Morgan fingerprint density at radius 2 is 1.70 bits per heavy atom. The number of alkyl halides is 3. The minimum atomic E-state index is -4.60. The van der Waals surface area contributed by atoms with E-state index in [0.29, 0.717) is 16.9 Å². The fourth-order valence-electron chi connectivity index (χ4n) is 2.34. The molecule has 2 aromatic carbocycles. The lowest BCUT2D eigenvalue weighted by Crippen LogP contribution is -2.15. The van der Waals surface area contributed by atoms with Crippen molar-refractivity contribution < 1.29 is 22.7 Å². The number of allylic oxidation sites excluding steroid dienone is 1. The minimum Gasteiger partial charge on any atom is -0.497 e. The lowest BCUT2D eigenvalue weighted by Gasteiger charge is -2.18. The molecule has 0 radical (unpaired) electrons. The third kappa shape index (κ3) is 4.00. The second-order valence-corrected chi connectivity index (χ2v) is 4.82. The highest BCUT2D eigenvalue weighted by atomic mass is 19.4. The topological polar surface area (TPSA) is 26.3 Å². The Kier molecular flexibility index (Phi) is 5.21. The molecule has 2 aromatic rings. The van der Waals surface area contributed by atoms with E-state index in [2.05, 4.69) is 0 Å². The molecule has 0 aromatic heterocycles. The summed E-state index contributed by atoms with van der Waals surface area (Å²) in [5.74, 6) is 0.448. The first-order valence-electron chi connectivity index (χ1n) is 6.91. The maximum atomic E-state index is 13.5. The molecule has 0 fully saturated rings. The molecule has 0 bridgehead atoms. The van der Waals surface area contributed by atoms with Gasteiger partial charge in [-0.15, -0.1) is 0 Å². The standard InChI is InChI=1S/C18H15F3O2/c1-23-15-9-5-8-14(12-15)17(13-6-3-2-4-7-13)16(10-11-22)18(19,20)21/h2-9,11-12H,10H2,1H3/b17-16-. The van der Waals surface area contributed by atoms with E-state index in [0.717, 1.165) is 0 Å². The summed E-state index contributed by atoms with van der Waals surface area (Å²) in [6, 6.07) is 14.6. The van der Waals surface area contributed by atoms with E-state index in [1.165, 1.54) is 13.2 Å². The van der Waals surface area contributed by atoms with E-state index in [1.807, 2.05) is 0 Å². The molecular formula is C18H15F3O2. The van der Waals surface area contributed by atoms with Crippen molar-refractivity contribution in [3.63, 3.8) is 0 Å². The average Bonchev–Trinajstić information content (AvgIpc) is 2.55. The quantitative estimate of drug-likeness (QED) is 0.750. The van der Waals surface area contributed by atoms with Crippen LogP contribution in [0, 0.1) is 0 Å². The predicted octanol–water partition coefficient (Wildman–Crippen LogP) is 4.65. The van der Waals surface area contributed by atoms with Crippen LogP contribution in [0.2, 0.25) is 0 Å². The normalized spacial score (nSPS) is 12.5. The molecule has 23 heavy (non-hydrogen) atoms. The lowest BCUT2D eigenvalue weighted by molar-refractivity contribution is -0.113. The zero-order valence-corrected chi connectivity index (χ0v) is 12.4. The Labute approximate surface area is 132 Å². The Hall–Kier alpha value is -2.56. The molecule has 0 N–H and O–H groups in total. The van der Waals surface area contributed by atoms with Gasteiger partial charge in [-0.3, -0.25) is 0 Å². The number of carbonyl (C=O) groups excluding carboxylic acids is 1. The van der Waals surface area contributed by atoms with E-state index in [-0.39, 0.29) is 11.9 Å². The van der Waals surface area contributed by atoms with E-state index >= 15 is 0 Å². The van der Waals surface area contributed by atoms with E-state index in [1.54, 1.807) is 48.5 Å². The van der Waals surface area contributed by atoms with Crippen molar-refractivity contribution >= 4 is 11.9 Å². The lowest BCUT2D eigenvalue weighted by atomic mass is 9.91. The molecule has 0 spiro atoms. The highest BCUT2D eigenvalue weighted by Gasteiger charge is 2.36. The van der Waals surface area contributed by atoms with Gasteiger partial charge in [-0.05, 0) is 28.8 Å². The fourth-order valence-corrected chi connectivity index (χ4v) is 2.34. The first kappa shape index (κ1) is 16.8. The number of benzene rings is 2. The number of halogens is 3. The molecule has 0 amide bonds. The highest BCUT2D eigenvalue weighted by Crippen LogP contribution is 2.38. The van der Waals surface area contributed by atoms with Gasteiger partial charge in [0.15, 0.2) is 0 Å². The molecule has 0 saturated carbocycles. The number of rotatable bonds is 5. The summed E-state index contributed by atoms with van der Waals surface area (Å²) in [6.45, 7) is 0. The van der Waals surface area contributed by atoms with Gasteiger partial charge in [-0.25, -0.2) is 0 Å². The van der Waals surface area contributed by atoms with Crippen LogP contribution in [-0.2, 0) is 4.79 Å². The molecule has 5 heteroatoms. The Morgan fingerprint density at radius 3 is 2.26 bits per heavy atom. The third-order valence-corrected chi connectivity index (χ3v) is 3.35. The van der Waals surface area contributed by atoms with Crippen LogP contribution >= 0.6 is 0 Å². The first-order chi connectivity index (χ1) is 11.0. The minimum absolute atomic E-state index is 0.0101. The molecule has 0 aliphatic carbocycles. The molecule has 120 valence electrons. The summed E-state index contributed by atoms with van der Waals surface area (Å²) in [5, 5.41) is 0. The molecule has 2 rings (SSSR count). The Bertz CT molecular complexity index is 704. The second kappa shape index (κ2) is 7.13. The fraction of sp³-hybridized carbons (Fsp3) is 0.167. The van der Waals surface area contributed by atoms with E-state index in [9.17, 15) is 18.0 Å². The zero-order valence-electron chi connectivity index (χ0n) is 12.4. The monoisotopic (exact) mass is 320 g/mol. The largest absolute Gasteiger partial charge is 0.497 e. The number of hydrogen-bond donors (Lipinski definition) is 0. The molecular weight excluding hydrogens is 305 g/mol. The van der Waals surface area contributed by atoms with Crippen molar-refractivity contribution in [2.45, 2.75) is 12.6 Å². The average molecular weight is 320 g/mol. The first-order valence-corrected chi connectivity index (χ1v) is 6.91. The summed E-state index contributed by atoms with van der Waals surface area (Å²) in [7, 11) is 1.45. The summed E-state index contributed by atoms with van der Waals surface area (Å²) in [6.07, 6.45) is -5.04.